The van der Waals surface area contributed by atoms with E-state index in [1.807, 2.05) is 18.2 Å². The number of hydrogen-bond acceptors (Lipinski definition) is 4. The maximum Gasteiger partial charge on any atom is 0.259 e. The molecule has 2 amide bonds. The highest BCUT2D eigenvalue weighted by Crippen LogP contribution is 2.34. The number of benzene rings is 3. The van der Waals surface area contributed by atoms with Crippen LogP contribution in [0.1, 0.15) is 28.8 Å². The molecule has 1 N–H and O–H groups in total. The van der Waals surface area contributed by atoms with Crippen LogP contribution < -0.4 is 19.7 Å². The Balaban J connectivity index is 1.49. The molecular weight excluding hydrogens is 428 g/mol. The van der Waals surface area contributed by atoms with Crippen molar-refractivity contribution in [3.05, 3.63) is 82.9 Å². The lowest BCUT2D eigenvalue weighted by Crippen LogP contribution is -2.24. The van der Waals surface area contributed by atoms with E-state index < -0.39 is 0 Å². The SMILES string of the molecule is COc1cc(NC(=O)c2ccccc2OCc2ccc(Cl)cc2)ccc1N1CCCC1=O. The number of methoxy groups -OCH3 is 1. The average molecular weight is 451 g/mol. The van der Waals surface area contributed by atoms with Gasteiger partial charge in [-0.1, -0.05) is 35.9 Å². The zero-order valence-corrected chi connectivity index (χ0v) is 18.4. The van der Waals surface area contributed by atoms with E-state index >= 15 is 0 Å². The summed E-state index contributed by atoms with van der Waals surface area (Å²) in [4.78, 5) is 26.8. The summed E-state index contributed by atoms with van der Waals surface area (Å²) in [5.74, 6) is 0.784. The van der Waals surface area contributed by atoms with E-state index in [2.05, 4.69) is 5.32 Å². The first-order chi connectivity index (χ1) is 15.5. The summed E-state index contributed by atoms with van der Waals surface area (Å²) in [6.07, 6.45) is 1.36. The van der Waals surface area contributed by atoms with Gasteiger partial charge in [-0.15, -0.1) is 0 Å². The highest BCUT2D eigenvalue weighted by atomic mass is 35.5. The summed E-state index contributed by atoms with van der Waals surface area (Å²) in [6, 6.07) is 19.7. The molecule has 6 nitrogen and oxygen atoms in total. The fourth-order valence-electron chi connectivity index (χ4n) is 3.60. The second-order valence-corrected chi connectivity index (χ2v) is 7.84. The Labute approximate surface area is 191 Å². The molecular formula is C25H23ClN2O4. The maximum atomic E-state index is 13.0. The molecule has 0 saturated carbocycles. The number of amides is 2. The second-order valence-electron chi connectivity index (χ2n) is 7.40. The minimum Gasteiger partial charge on any atom is -0.494 e. The first-order valence-corrected chi connectivity index (χ1v) is 10.7. The van der Waals surface area contributed by atoms with Crippen molar-refractivity contribution in [2.75, 3.05) is 23.9 Å². The van der Waals surface area contributed by atoms with Crippen molar-refractivity contribution in [2.45, 2.75) is 19.4 Å². The zero-order chi connectivity index (χ0) is 22.5. The molecule has 4 rings (SSSR count). The van der Waals surface area contributed by atoms with Crippen LogP contribution in [0.2, 0.25) is 5.02 Å². The molecule has 0 spiro atoms. The van der Waals surface area contributed by atoms with E-state index in [0.29, 0.717) is 53.0 Å². The van der Waals surface area contributed by atoms with Gasteiger partial charge >= 0.3 is 0 Å². The molecule has 7 heteroatoms. The molecule has 1 fully saturated rings. The van der Waals surface area contributed by atoms with Crippen molar-refractivity contribution in [3.8, 4) is 11.5 Å². The number of ether oxygens (including phenoxy) is 2. The van der Waals surface area contributed by atoms with Crippen LogP contribution in [-0.2, 0) is 11.4 Å². The summed E-state index contributed by atoms with van der Waals surface area (Å²) >= 11 is 5.93. The lowest BCUT2D eigenvalue weighted by molar-refractivity contribution is -0.117. The van der Waals surface area contributed by atoms with Gasteiger partial charge in [0.15, 0.2) is 0 Å². The molecule has 0 unspecified atom stereocenters. The Morgan fingerprint density at radius 3 is 2.56 bits per heavy atom. The van der Waals surface area contributed by atoms with E-state index in [-0.39, 0.29) is 11.8 Å². The number of halogens is 1. The minimum absolute atomic E-state index is 0.0758. The van der Waals surface area contributed by atoms with Gasteiger partial charge in [0.2, 0.25) is 5.91 Å². The van der Waals surface area contributed by atoms with Gasteiger partial charge in [0.1, 0.15) is 18.1 Å². The lowest BCUT2D eigenvalue weighted by atomic mass is 10.1. The Hall–Kier alpha value is -3.51. The number of anilines is 2. The first-order valence-electron chi connectivity index (χ1n) is 10.3. The van der Waals surface area contributed by atoms with Gasteiger partial charge in [-0.25, -0.2) is 0 Å². The predicted octanol–water partition coefficient (Wildman–Crippen LogP) is 5.31. The van der Waals surface area contributed by atoms with Gasteiger partial charge in [0.05, 0.1) is 18.4 Å². The number of hydrogen-bond donors (Lipinski definition) is 1. The molecule has 164 valence electrons. The van der Waals surface area contributed by atoms with Crippen LogP contribution in [0.5, 0.6) is 11.5 Å². The summed E-state index contributed by atoms with van der Waals surface area (Å²) in [5, 5.41) is 3.54. The van der Waals surface area contributed by atoms with Crippen molar-refractivity contribution in [3.63, 3.8) is 0 Å². The van der Waals surface area contributed by atoms with Gasteiger partial charge in [-0.05, 0) is 48.4 Å². The van der Waals surface area contributed by atoms with Gasteiger partial charge in [-0.2, -0.15) is 0 Å². The molecule has 0 radical (unpaired) electrons. The molecule has 32 heavy (non-hydrogen) atoms. The third-order valence-corrected chi connectivity index (χ3v) is 5.49. The van der Waals surface area contributed by atoms with Crippen molar-refractivity contribution in [1.82, 2.24) is 0 Å². The molecule has 3 aromatic carbocycles. The fourth-order valence-corrected chi connectivity index (χ4v) is 3.73. The molecule has 0 aromatic heterocycles. The summed E-state index contributed by atoms with van der Waals surface area (Å²) in [7, 11) is 1.55. The number of nitrogens with zero attached hydrogens (tertiary/aromatic N) is 1. The fraction of sp³-hybridized carbons (Fsp3) is 0.200. The van der Waals surface area contributed by atoms with Gasteiger partial charge in [0, 0.05) is 29.7 Å². The van der Waals surface area contributed by atoms with Gasteiger partial charge in [0.25, 0.3) is 5.91 Å². The van der Waals surface area contributed by atoms with E-state index in [4.69, 9.17) is 21.1 Å². The highest BCUT2D eigenvalue weighted by Gasteiger charge is 2.24. The Morgan fingerprint density at radius 1 is 1.06 bits per heavy atom. The molecule has 1 aliphatic rings. The molecule has 1 aliphatic heterocycles. The van der Waals surface area contributed by atoms with E-state index in [1.165, 1.54) is 0 Å². The number of nitrogens with one attached hydrogen (secondary N) is 1. The van der Waals surface area contributed by atoms with Crippen LogP contribution in [0.25, 0.3) is 0 Å². The molecule has 0 bridgehead atoms. The second kappa shape index (κ2) is 9.75. The lowest BCUT2D eigenvalue weighted by Gasteiger charge is -2.20. The molecule has 0 atom stereocenters. The van der Waals surface area contributed by atoms with Crippen molar-refractivity contribution >= 4 is 34.8 Å². The number of para-hydroxylation sites is 1. The quantitative estimate of drug-likeness (QED) is 0.530. The molecule has 1 saturated heterocycles. The average Bonchev–Trinajstić information content (AvgIpc) is 3.24. The third kappa shape index (κ3) is 4.86. The normalized spacial score (nSPS) is 13.2. The Bertz CT molecular complexity index is 1130. The summed E-state index contributed by atoms with van der Waals surface area (Å²) in [5.41, 5.74) is 2.63. The van der Waals surface area contributed by atoms with E-state index in [9.17, 15) is 9.59 Å². The summed E-state index contributed by atoms with van der Waals surface area (Å²) < 4.78 is 11.4. The van der Waals surface area contributed by atoms with Crippen LogP contribution >= 0.6 is 11.6 Å². The largest absolute Gasteiger partial charge is 0.494 e. The molecule has 0 aliphatic carbocycles. The number of rotatable bonds is 7. The van der Waals surface area contributed by atoms with Crippen LogP contribution in [0.4, 0.5) is 11.4 Å². The Kier molecular flexibility index (Phi) is 6.61. The number of carbonyl (C=O) groups excluding carboxylic acids is 2. The van der Waals surface area contributed by atoms with E-state index in [1.54, 1.807) is 60.5 Å². The number of carbonyl (C=O) groups is 2. The van der Waals surface area contributed by atoms with Gasteiger partial charge < -0.3 is 19.7 Å². The minimum atomic E-state index is -0.302. The standard InChI is InChI=1S/C25H23ClN2O4/c1-31-23-15-19(12-13-21(23)28-14-4-7-24(28)29)27-25(30)20-5-2-3-6-22(20)32-16-17-8-10-18(26)11-9-17/h2-3,5-6,8-13,15H,4,7,14,16H2,1H3,(H,27,30). The smallest absolute Gasteiger partial charge is 0.259 e. The maximum absolute atomic E-state index is 13.0. The van der Waals surface area contributed by atoms with Gasteiger partial charge in [-0.3, -0.25) is 9.59 Å². The van der Waals surface area contributed by atoms with E-state index in [0.717, 1.165) is 12.0 Å². The summed E-state index contributed by atoms with van der Waals surface area (Å²) in [6.45, 7) is 0.979. The van der Waals surface area contributed by atoms with Crippen LogP contribution in [0.15, 0.2) is 66.7 Å². The highest BCUT2D eigenvalue weighted by molar-refractivity contribution is 6.30. The third-order valence-electron chi connectivity index (χ3n) is 5.24. The Morgan fingerprint density at radius 2 is 1.84 bits per heavy atom. The zero-order valence-electron chi connectivity index (χ0n) is 17.6. The first kappa shape index (κ1) is 21.7. The molecule has 1 heterocycles. The van der Waals surface area contributed by atoms with Crippen LogP contribution in [0.3, 0.4) is 0 Å². The van der Waals surface area contributed by atoms with Crippen molar-refractivity contribution in [1.29, 1.82) is 0 Å². The van der Waals surface area contributed by atoms with Crippen molar-refractivity contribution < 1.29 is 19.1 Å². The topological polar surface area (TPSA) is 67.9 Å². The monoisotopic (exact) mass is 450 g/mol. The van der Waals surface area contributed by atoms with Crippen LogP contribution in [0, 0.1) is 0 Å². The molecule has 3 aromatic rings. The van der Waals surface area contributed by atoms with Crippen molar-refractivity contribution in [2.24, 2.45) is 0 Å². The van der Waals surface area contributed by atoms with Crippen LogP contribution in [-0.4, -0.2) is 25.5 Å². The predicted molar refractivity (Wildman–Crippen MR) is 125 cm³/mol.